The second-order valence-electron chi connectivity index (χ2n) is 3.74. The van der Waals surface area contributed by atoms with Gasteiger partial charge in [-0.15, -0.1) is 0 Å². The predicted octanol–water partition coefficient (Wildman–Crippen LogP) is 3.87. The van der Waals surface area contributed by atoms with Crippen molar-refractivity contribution in [1.82, 2.24) is 14.7 Å². The van der Waals surface area contributed by atoms with Crippen molar-refractivity contribution < 1.29 is 0 Å². The summed E-state index contributed by atoms with van der Waals surface area (Å²) in [5.41, 5.74) is 1.27. The van der Waals surface area contributed by atoms with E-state index in [0.29, 0.717) is 0 Å². The molecule has 6 heteroatoms. The summed E-state index contributed by atoms with van der Waals surface area (Å²) in [4.78, 5) is 5.53. The summed E-state index contributed by atoms with van der Waals surface area (Å²) in [6.07, 6.45) is 0. The molecule has 0 aliphatic heterocycles. The highest BCUT2D eigenvalue weighted by molar-refractivity contribution is 9.10. The smallest absolute Gasteiger partial charge is 0.174 e. The molecule has 1 aromatic heterocycles. The molecule has 0 atom stereocenters. The van der Waals surface area contributed by atoms with Gasteiger partial charge in [-0.3, -0.25) is 0 Å². The molecular weight excluding hydrogens is 330 g/mol. The highest BCUT2D eigenvalue weighted by Gasteiger charge is 2.06. The van der Waals surface area contributed by atoms with Gasteiger partial charge in [0.2, 0.25) is 0 Å². The molecule has 0 fully saturated rings. The zero-order valence-electron chi connectivity index (χ0n) is 10.2. The lowest BCUT2D eigenvalue weighted by Gasteiger charge is -2.06. The maximum Gasteiger partial charge on any atom is 0.174 e. The van der Waals surface area contributed by atoms with Gasteiger partial charge >= 0.3 is 0 Å². The van der Waals surface area contributed by atoms with Crippen LogP contribution < -0.4 is 5.32 Å². The number of nitrogens with zero attached hydrogens (tertiary/aromatic N) is 2. The molecule has 0 bridgehead atoms. The summed E-state index contributed by atoms with van der Waals surface area (Å²) >= 11 is 6.70. The van der Waals surface area contributed by atoms with Crippen LogP contribution in [0.3, 0.4) is 0 Å². The van der Waals surface area contributed by atoms with E-state index < -0.39 is 0 Å². The fraction of sp³-hybridized carbons (Fsp3) is 0.333. The van der Waals surface area contributed by atoms with Crippen LogP contribution in [0.15, 0.2) is 31.9 Å². The summed E-state index contributed by atoms with van der Waals surface area (Å²) in [5, 5.41) is 3.32. The molecule has 0 unspecified atom stereocenters. The molecule has 2 aromatic rings. The molecule has 1 N–H and O–H groups in total. The minimum absolute atomic E-state index is 0.838. The van der Waals surface area contributed by atoms with Gasteiger partial charge in [-0.1, -0.05) is 40.7 Å². The standard InChI is InChI=1S/C12H14BrN3S2/c1-3-14-7-9-4-5-10(6-11(9)13)17-12-15-8(2)16-18-12/h4-6,14H,3,7H2,1-2H3. The van der Waals surface area contributed by atoms with E-state index in [1.165, 1.54) is 22.0 Å². The maximum absolute atomic E-state index is 4.35. The zero-order chi connectivity index (χ0) is 13.0. The molecule has 0 saturated carbocycles. The quantitative estimate of drug-likeness (QED) is 0.894. The molecule has 96 valence electrons. The summed E-state index contributed by atoms with van der Waals surface area (Å²) in [5.74, 6) is 0.838. The summed E-state index contributed by atoms with van der Waals surface area (Å²) in [6, 6.07) is 6.40. The molecule has 1 heterocycles. The van der Waals surface area contributed by atoms with Crippen LogP contribution in [0.4, 0.5) is 0 Å². The Balaban J connectivity index is 2.08. The van der Waals surface area contributed by atoms with Gasteiger partial charge in [0.25, 0.3) is 0 Å². The molecule has 0 aliphatic carbocycles. The summed E-state index contributed by atoms with van der Waals surface area (Å²) in [6.45, 7) is 5.89. The van der Waals surface area contributed by atoms with Crippen LogP contribution in [0.5, 0.6) is 0 Å². The number of halogens is 1. The molecule has 2 rings (SSSR count). The number of aryl methyl sites for hydroxylation is 1. The Morgan fingerprint density at radius 1 is 1.44 bits per heavy atom. The summed E-state index contributed by atoms with van der Waals surface area (Å²) < 4.78 is 6.30. The van der Waals surface area contributed by atoms with Crippen molar-refractivity contribution in [2.24, 2.45) is 0 Å². The third-order valence-electron chi connectivity index (χ3n) is 2.30. The Morgan fingerprint density at radius 2 is 2.28 bits per heavy atom. The van der Waals surface area contributed by atoms with E-state index in [1.54, 1.807) is 11.8 Å². The zero-order valence-corrected chi connectivity index (χ0v) is 13.5. The minimum Gasteiger partial charge on any atom is -0.313 e. The van der Waals surface area contributed by atoms with Crippen molar-refractivity contribution in [3.8, 4) is 0 Å². The summed E-state index contributed by atoms with van der Waals surface area (Å²) in [7, 11) is 0. The average molecular weight is 344 g/mol. The lowest BCUT2D eigenvalue weighted by atomic mass is 10.2. The van der Waals surface area contributed by atoms with E-state index in [-0.39, 0.29) is 0 Å². The van der Waals surface area contributed by atoms with Crippen LogP contribution in [-0.4, -0.2) is 15.9 Å². The second kappa shape index (κ2) is 6.65. The number of nitrogens with one attached hydrogen (secondary N) is 1. The van der Waals surface area contributed by atoms with Gasteiger partial charge in [-0.05, 0) is 42.7 Å². The molecule has 0 radical (unpaired) electrons. The number of benzene rings is 1. The third kappa shape index (κ3) is 3.78. The van der Waals surface area contributed by atoms with Gasteiger partial charge in [0.05, 0.1) is 0 Å². The monoisotopic (exact) mass is 343 g/mol. The molecule has 1 aromatic carbocycles. The van der Waals surface area contributed by atoms with Crippen LogP contribution in [0.25, 0.3) is 0 Å². The van der Waals surface area contributed by atoms with E-state index in [1.807, 2.05) is 6.92 Å². The number of hydrogen-bond acceptors (Lipinski definition) is 5. The van der Waals surface area contributed by atoms with Gasteiger partial charge in [-0.25, -0.2) is 4.98 Å². The van der Waals surface area contributed by atoms with Crippen molar-refractivity contribution >= 4 is 39.2 Å². The molecule has 0 spiro atoms. The molecule has 3 nitrogen and oxygen atoms in total. The molecule has 0 aliphatic rings. The van der Waals surface area contributed by atoms with Crippen LogP contribution in [-0.2, 0) is 6.54 Å². The highest BCUT2D eigenvalue weighted by atomic mass is 79.9. The van der Waals surface area contributed by atoms with E-state index in [0.717, 1.165) is 27.7 Å². The topological polar surface area (TPSA) is 37.8 Å². The van der Waals surface area contributed by atoms with E-state index in [2.05, 4.69) is 55.7 Å². The lowest BCUT2D eigenvalue weighted by Crippen LogP contribution is -2.11. The number of aromatic nitrogens is 2. The number of rotatable bonds is 5. The molecule has 18 heavy (non-hydrogen) atoms. The SMILES string of the molecule is CCNCc1ccc(Sc2nc(C)ns2)cc1Br. The Hall–Kier alpha value is -0.430. The maximum atomic E-state index is 4.35. The van der Waals surface area contributed by atoms with Crippen LogP contribution >= 0.6 is 39.2 Å². The Morgan fingerprint density at radius 3 is 2.89 bits per heavy atom. The lowest BCUT2D eigenvalue weighted by molar-refractivity contribution is 0.724. The minimum atomic E-state index is 0.838. The van der Waals surface area contributed by atoms with E-state index >= 15 is 0 Å². The molecule has 0 saturated heterocycles. The average Bonchev–Trinajstić information content (AvgIpc) is 2.74. The first-order chi connectivity index (χ1) is 8.69. The van der Waals surface area contributed by atoms with Crippen molar-refractivity contribution in [3.63, 3.8) is 0 Å². The first-order valence-corrected chi connectivity index (χ1v) is 8.04. The van der Waals surface area contributed by atoms with Crippen molar-refractivity contribution in [1.29, 1.82) is 0 Å². The predicted molar refractivity (Wildman–Crippen MR) is 80.3 cm³/mol. The van der Waals surface area contributed by atoms with Crippen LogP contribution in [0.2, 0.25) is 0 Å². The van der Waals surface area contributed by atoms with Gasteiger partial charge in [0.15, 0.2) is 4.34 Å². The van der Waals surface area contributed by atoms with Gasteiger partial charge in [0, 0.05) is 15.9 Å². The van der Waals surface area contributed by atoms with Gasteiger partial charge < -0.3 is 5.32 Å². The van der Waals surface area contributed by atoms with Crippen molar-refractivity contribution in [2.75, 3.05) is 6.54 Å². The second-order valence-corrected chi connectivity index (χ2v) is 6.67. The van der Waals surface area contributed by atoms with E-state index in [4.69, 9.17) is 0 Å². The third-order valence-corrected chi connectivity index (χ3v) is 4.87. The first-order valence-electron chi connectivity index (χ1n) is 5.66. The first kappa shape index (κ1) is 14.0. The van der Waals surface area contributed by atoms with Crippen LogP contribution in [0.1, 0.15) is 18.3 Å². The Labute approximate surface area is 124 Å². The molecule has 0 amide bonds. The Bertz CT molecular complexity index is 528. The fourth-order valence-corrected chi connectivity index (χ4v) is 3.75. The van der Waals surface area contributed by atoms with Crippen molar-refractivity contribution in [2.45, 2.75) is 29.6 Å². The number of hydrogen-bond donors (Lipinski definition) is 1. The Kier molecular flexibility index (Phi) is 5.17. The van der Waals surface area contributed by atoms with Crippen molar-refractivity contribution in [3.05, 3.63) is 34.1 Å². The van der Waals surface area contributed by atoms with E-state index in [9.17, 15) is 0 Å². The van der Waals surface area contributed by atoms with Gasteiger partial charge in [0.1, 0.15) is 5.82 Å². The largest absolute Gasteiger partial charge is 0.313 e. The highest BCUT2D eigenvalue weighted by Crippen LogP contribution is 2.31. The fourth-order valence-electron chi connectivity index (χ4n) is 1.41. The normalized spacial score (nSPS) is 10.8. The van der Waals surface area contributed by atoms with Crippen LogP contribution in [0, 0.1) is 6.92 Å². The van der Waals surface area contributed by atoms with Gasteiger partial charge in [-0.2, -0.15) is 4.37 Å². The molecular formula is C12H14BrN3S2.